The quantitative estimate of drug-likeness (QED) is 0.579. The van der Waals surface area contributed by atoms with Gasteiger partial charge in [-0.15, -0.1) is 11.8 Å². The first-order valence-corrected chi connectivity index (χ1v) is 9.50. The molecule has 28 heavy (non-hydrogen) atoms. The molecule has 0 spiro atoms. The zero-order valence-corrected chi connectivity index (χ0v) is 15.6. The van der Waals surface area contributed by atoms with Crippen molar-refractivity contribution in [3.05, 3.63) is 41.1 Å². The number of halogens is 3. The Morgan fingerprint density at radius 1 is 1.39 bits per heavy atom. The first-order chi connectivity index (χ1) is 13.2. The molecule has 0 bridgehead atoms. The molecule has 0 atom stereocenters. The lowest BCUT2D eigenvalue weighted by Crippen LogP contribution is -2.27. The number of nitriles is 1. The number of amides is 1. The van der Waals surface area contributed by atoms with Crippen molar-refractivity contribution >= 4 is 29.3 Å². The number of aromatic nitrogens is 2. The van der Waals surface area contributed by atoms with Crippen LogP contribution in [0.25, 0.3) is 0 Å². The van der Waals surface area contributed by atoms with Gasteiger partial charge in [0, 0.05) is 12.1 Å². The molecule has 1 aliphatic carbocycles. The number of thioether (sulfide) groups is 1. The van der Waals surface area contributed by atoms with Gasteiger partial charge in [-0.05, 0) is 37.3 Å². The van der Waals surface area contributed by atoms with E-state index in [1.54, 1.807) is 6.26 Å². The number of carbonyl (C=O) groups is 1. The standard InChI is InChI=1S/C18H16F3N5OS/c1-28-14-12(9-22)13(25-16(23)26-14)8-17(5-6-17)15(27)24-11-4-2-3-10(7-11)18(19,20)21/h2-4,7H,5-6,8H2,1H3,(H,24,27)(H2,23,25,26). The first kappa shape index (κ1) is 19.9. The Bertz CT molecular complexity index is 967. The van der Waals surface area contributed by atoms with Gasteiger partial charge in [0.15, 0.2) is 0 Å². The number of nitrogens with two attached hydrogens (primary N) is 1. The van der Waals surface area contributed by atoms with Crippen LogP contribution in [0.2, 0.25) is 0 Å². The fourth-order valence-corrected chi connectivity index (χ4v) is 3.44. The first-order valence-electron chi connectivity index (χ1n) is 8.28. The monoisotopic (exact) mass is 407 g/mol. The number of anilines is 2. The largest absolute Gasteiger partial charge is 0.416 e. The molecule has 2 aromatic rings. The molecule has 0 radical (unpaired) electrons. The van der Waals surface area contributed by atoms with Crippen LogP contribution < -0.4 is 11.1 Å². The summed E-state index contributed by atoms with van der Waals surface area (Å²) in [5, 5.41) is 12.4. The second kappa shape index (κ2) is 7.31. The van der Waals surface area contributed by atoms with Crippen molar-refractivity contribution in [2.24, 2.45) is 5.41 Å². The molecule has 0 unspecified atom stereocenters. The summed E-state index contributed by atoms with van der Waals surface area (Å²) in [4.78, 5) is 20.9. The smallest absolute Gasteiger partial charge is 0.368 e. The van der Waals surface area contributed by atoms with Crippen LogP contribution in [0.5, 0.6) is 0 Å². The van der Waals surface area contributed by atoms with Crippen LogP contribution >= 0.6 is 11.8 Å². The predicted octanol–water partition coefficient (Wildman–Crippen LogP) is 3.63. The fraction of sp³-hybridized carbons (Fsp3) is 0.333. The molecule has 1 aromatic heterocycles. The zero-order valence-electron chi connectivity index (χ0n) is 14.8. The molecule has 3 N–H and O–H groups in total. The summed E-state index contributed by atoms with van der Waals surface area (Å²) >= 11 is 1.25. The average molecular weight is 407 g/mol. The number of nitrogens with zero attached hydrogens (tertiary/aromatic N) is 3. The van der Waals surface area contributed by atoms with E-state index < -0.39 is 23.1 Å². The number of benzene rings is 1. The van der Waals surface area contributed by atoms with Gasteiger partial charge in [-0.3, -0.25) is 4.79 Å². The third-order valence-corrected chi connectivity index (χ3v) is 5.24. The topological polar surface area (TPSA) is 105 Å². The number of nitrogen functional groups attached to an aromatic ring is 1. The minimum absolute atomic E-state index is 0.00689. The van der Waals surface area contributed by atoms with E-state index in [9.17, 15) is 23.2 Å². The minimum Gasteiger partial charge on any atom is -0.368 e. The van der Waals surface area contributed by atoms with Crippen LogP contribution in [0.4, 0.5) is 24.8 Å². The Balaban J connectivity index is 1.83. The Hall–Kier alpha value is -2.80. The number of hydrogen-bond donors (Lipinski definition) is 2. The van der Waals surface area contributed by atoms with Crippen LogP contribution in [0.1, 0.15) is 29.7 Å². The van der Waals surface area contributed by atoms with Gasteiger partial charge in [0.05, 0.1) is 16.7 Å². The summed E-state index contributed by atoms with van der Waals surface area (Å²) in [5.74, 6) is -0.397. The molecule has 1 aliphatic rings. The van der Waals surface area contributed by atoms with E-state index in [0.29, 0.717) is 23.6 Å². The molecular formula is C18H16F3N5OS. The van der Waals surface area contributed by atoms with Crippen molar-refractivity contribution in [2.45, 2.75) is 30.5 Å². The van der Waals surface area contributed by atoms with Gasteiger partial charge in [0.25, 0.3) is 0 Å². The lowest BCUT2D eigenvalue weighted by Gasteiger charge is -2.17. The van der Waals surface area contributed by atoms with E-state index in [1.165, 1.54) is 23.9 Å². The van der Waals surface area contributed by atoms with Crippen molar-refractivity contribution in [3.8, 4) is 6.07 Å². The summed E-state index contributed by atoms with van der Waals surface area (Å²) < 4.78 is 38.6. The zero-order chi connectivity index (χ0) is 20.5. The maximum atomic E-state index is 12.9. The Labute approximate surface area is 163 Å². The molecular weight excluding hydrogens is 391 g/mol. The van der Waals surface area contributed by atoms with Gasteiger partial charge in [-0.25, -0.2) is 9.97 Å². The van der Waals surface area contributed by atoms with E-state index >= 15 is 0 Å². The molecule has 1 saturated carbocycles. The molecule has 146 valence electrons. The minimum atomic E-state index is -4.49. The van der Waals surface area contributed by atoms with Gasteiger partial charge >= 0.3 is 6.18 Å². The van der Waals surface area contributed by atoms with Crippen LogP contribution in [-0.4, -0.2) is 22.1 Å². The van der Waals surface area contributed by atoms with Crippen molar-refractivity contribution in [1.82, 2.24) is 9.97 Å². The normalized spacial score (nSPS) is 15.0. The number of carbonyl (C=O) groups excluding carboxylic acids is 1. The van der Waals surface area contributed by atoms with Gasteiger partial charge in [0.1, 0.15) is 16.7 Å². The van der Waals surface area contributed by atoms with Gasteiger partial charge < -0.3 is 11.1 Å². The molecule has 3 rings (SSSR count). The summed E-state index contributed by atoms with van der Waals surface area (Å²) in [6.07, 6.45) is -1.49. The fourth-order valence-electron chi connectivity index (χ4n) is 2.88. The molecule has 10 heteroatoms. The Kier molecular flexibility index (Phi) is 5.21. The number of hydrogen-bond acceptors (Lipinski definition) is 6. The Morgan fingerprint density at radius 3 is 2.68 bits per heavy atom. The number of alkyl halides is 3. The molecule has 1 fully saturated rings. The SMILES string of the molecule is CSc1nc(N)nc(CC2(C(=O)Nc3cccc(C(F)(F)F)c3)CC2)c1C#N. The Morgan fingerprint density at radius 2 is 2.11 bits per heavy atom. The molecule has 6 nitrogen and oxygen atoms in total. The third kappa shape index (κ3) is 4.04. The van der Waals surface area contributed by atoms with Crippen molar-refractivity contribution in [1.29, 1.82) is 5.26 Å². The molecule has 0 saturated heterocycles. The third-order valence-electron chi connectivity index (χ3n) is 4.56. The second-order valence-electron chi connectivity index (χ2n) is 6.51. The number of nitrogens with one attached hydrogen (secondary N) is 1. The second-order valence-corrected chi connectivity index (χ2v) is 7.31. The molecule has 1 amide bonds. The van der Waals surface area contributed by atoms with Crippen molar-refractivity contribution in [3.63, 3.8) is 0 Å². The summed E-state index contributed by atoms with van der Waals surface area (Å²) in [6.45, 7) is 0. The van der Waals surface area contributed by atoms with E-state index in [1.807, 2.05) is 6.07 Å². The van der Waals surface area contributed by atoms with Crippen LogP contribution in [0.15, 0.2) is 29.3 Å². The van der Waals surface area contributed by atoms with E-state index in [-0.39, 0.29) is 23.6 Å². The average Bonchev–Trinajstić information content (AvgIpc) is 3.41. The van der Waals surface area contributed by atoms with Gasteiger partial charge in [0.2, 0.25) is 11.9 Å². The highest BCUT2D eigenvalue weighted by atomic mass is 32.2. The van der Waals surface area contributed by atoms with E-state index in [4.69, 9.17) is 5.73 Å². The summed E-state index contributed by atoms with van der Waals surface area (Å²) in [7, 11) is 0. The van der Waals surface area contributed by atoms with Gasteiger partial charge in [-0.1, -0.05) is 6.07 Å². The maximum Gasteiger partial charge on any atom is 0.416 e. The lowest BCUT2D eigenvalue weighted by atomic mass is 9.96. The van der Waals surface area contributed by atoms with Crippen LogP contribution in [0.3, 0.4) is 0 Å². The van der Waals surface area contributed by atoms with Gasteiger partial charge in [-0.2, -0.15) is 18.4 Å². The molecule has 0 aliphatic heterocycles. The van der Waals surface area contributed by atoms with Crippen molar-refractivity contribution in [2.75, 3.05) is 17.3 Å². The van der Waals surface area contributed by atoms with E-state index in [0.717, 1.165) is 12.1 Å². The van der Waals surface area contributed by atoms with Crippen LogP contribution in [-0.2, 0) is 17.4 Å². The molecule has 1 aromatic carbocycles. The van der Waals surface area contributed by atoms with E-state index in [2.05, 4.69) is 15.3 Å². The predicted molar refractivity (Wildman–Crippen MR) is 98.4 cm³/mol. The summed E-state index contributed by atoms with van der Waals surface area (Å²) in [6, 6.07) is 6.52. The molecule has 1 heterocycles. The highest BCUT2D eigenvalue weighted by Gasteiger charge is 2.50. The summed E-state index contributed by atoms with van der Waals surface area (Å²) in [5.41, 5.74) is 4.75. The van der Waals surface area contributed by atoms with Crippen molar-refractivity contribution < 1.29 is 18.0 Å². The highest BCUT2D eigenvalue weighted by Crippen LogP contribution is 2.49. The lowest BCUT2D eigenvalue weighted by molar-refractivity contribution is -0.137. The highest BCUT2D eigenvalue weighted by molar-refractivity contribution is 7.98. The number of rotatable bonds is 5. The maximum absolute atomic E-state index is 12.9. The van der Waals surface area contributed by atoms with Crippen LogP contribution in [0, 0.1) is 16.7 Å².